The molecule has 2 aromatic heterocycles. The largest absolute Gasteiger partial charge is 0.340 e. The summed E-state index contributed by atoms with van der Waals surface area (Å²) >= 11 is 0. The molecule has 3 N–H and O–H groups in total. The standard InChI is InChI=1S/C20H27N7/c1-13(2)18-12-27(8-4-7-21-18)20-22-10-14(3)19(25-20)24-16-5-6-17-15(9-16)11-23-26-17/h5-6,9-11,13,18,21H,4,7-8,12H2,1-3H3,(H,23,26)(H,22,24,25). The first kappa shape index (κ1) is 17.7. The van der Waals surface area contributed by atoms with Gasteiger partial charge in [-0.15, -0.1) is 0 Å². The van der Waals surface area contributed by atoms with E-state index in [1.165, 1.54) is 0 Å². The van der Waals surface area contributed by atoms with Gasteiger partial charge in [0.25, 0.3) is 0 Å². The van der Waals surface area contributed by atoms with Crippen LogP contribution in [-0.4, -0.2) is 45.8 Å². The molecule has 0 spiro atoms. The molecule has 0 aliphatic carbocycles. The van der Waals surface area contributed by atoms with Gasteiger partial charge in [-0.3, -0.25) is 5.10 Å². The second-order valence-electron chi connectivity index (χ2n) is 7.60. The molecule has 3 aromatic rings. The maximum absolute atomic E-state index is 4.85. The van der Waals surface area contributed by atoms with E-state index in [2.05, 4.69) is 50.6 Å². The van der Waals surface area contributed by atoms with Gasteiger partial charge in [0.2, 0.25) is 5.95 Å². The molecule has 0 amide bonds. The number of nitrogens with one attached hydrogen (secondary N) is 3. The average Bonchev–Trinajstić information content (AvgIpc) is 2.97. The van der Waals surface area contributed by atoms with Gasteiger partial charge in [-0.25, -0.2) is 4.98 Å². The number of fused-ring (bicyclic) bond motifs is 1. The highest BCUT2D eigenvalue weighted by molar-refractivity contribution is 5.82. The van der Waals surface area contributed by atoms with Crippen molar-refractivity contribution in [3.05, 3.63) is 36.2 Å². The van der Waals surface area contributed by atoms with Crippen LogP contribution in [0.25, 0.3) is 10.9 Å². The van der Waals surface area contributed by atoms with E-state index in [4.69, 9.17) is 4.98 Å². The molecule has 1 aromatic carbocycles. The number of aromatic nitrogens is 4. The Hall–Kier alpha value is -2.67. The summed E-state index contributed by atoms with van der Waals surface area (Å²) in [5.74, 6) is 2.22. The maximum atomic E-state index is 4.85. The van der Waals surface area contributed by atoms with E-state index in [1.54, 1.807) is 0 Å². The number of nitrogens with zero attached hydrogens (tertiary/aromatic N) is 4. The Bertz CT molecular complexity index is 918. The molecule has 1 aliphatic heterocycles. The molecule has 7 nitrogen and oxygen atoms in total. The van der Waals surface area contributed by atoms with Crippen molar-refractivity contribution in [2.75, 3.05) is 29.9 Å². The molecule has 1 saturated heterocycles. The molecule has 142 valence electrons. The Kier molecular flexibility index (Phi) is 4.94. The van der Waals surface area contributed by atoms with Crippen LogP contribution in [0.15, 0.2) is 30.6 Å². The fourth-order valence-electron chi connectivity index (χ4n) is 3.45. The lowest BCUT2D eigenvalue weighted by molar-refractivity contribution is 0.419. The highest BCUT2D eigenvalue weighted by Gasteiger charge is 2.22. The fraction of sp³-hybridized carbons (Fsp3) is 0.450. The molecule has 27 heavy (non-hydrogen) atoms. The second kappa shape index (κ2) is 7.52. The zero-order valence-electron chi connectivity index (χ0n) is 16.2. The molecule has 0 bridgehead atoms. The van der Waals surface area contributed by atoms with Gasteiger partial charge in [0.05, 0.1) is 11.7 Å². The zero-order chi connectivity index (χ0) is 18.8. The van der Waals surface area contributed by atoms with Crippen LogP contribution in [0.3, 0.4) is 0 Å². The Balaban J connectivity index is 1.58. The van der Waals surface area contributed by atoms with E-state index >= 15 is 0 Å². The van der Waals surface area contributed by atoms with Crippen LogP contribution >= 0.6 is 0 Å². The van der Waals surface area contributed by atoms with Crippen LogP contribution in [0.1, 0.15) is 25.8 Å². The summed E-state index contributed by atoms with van der Waals surface area (Å²) in [6, 6.07) is 6.59. The van der Waals surface area contributed by atoms with Crippen molar-refractivity contribution in [2.45, 2.75) is 33.2 Å². The van der Waals surface area contributed by atoms with Gasteiger partial charge in [0.1, 0.15) is 5.82 Å². The number of aromatic amines is 1. The molecular formula is C20H27N7. The smallest absolute Gasteiger partial charge is 0.227 e. The van der Waals surface area contributed by atoms with Gasteiger partial charge in [-0.1, -0.05) is 13.8 Å². The number of benzene rings is 1. The summed E-state index contributed by atoms with van der Waals surface area (Å²) in [6.07, 6.45) is 4.83. The fourth-order valence-corrected chi connectivity index (χ4v) is 3.45. The van der Waals surface area contributed by atoms with Crippen LogP contribution in [0.2, 0.25) is 0 Å². The predicted molar refractivity (Wildman–Crippen MR) is 110 cm³/mol. The average molecular weight is 365 g/mol. The highest BCUT2D eigenvalue weighted by Crippen LogP contribution is 2.24. The third-order valence-corrected chi connectivity index (χ3v) is 5.18. The monoisotopic (exact) mass is 365 g/mol. The van der Waals surface area contributed by atoms with Crippen molar-refractivity contribution in [3.63, 3.8) is 0 Å². The van der Waals surface area contributed by atoms with Gasteiger partial charge >= 0.3 is 0 Å². The number of rotatable bonds is 4. The molecule has 1 unspecified atom stereocenters. The molecule has 0 radical (unpaired) electrons. The number of aryl methyl sites for hydroxylation is 1. The minimum absolute atomic E-state index is 0.456. The van der Waals surface area contributed by atoms with Crippen molar-refractivity contribution >= 4 is 28.4 Å². The van der Waals surface area contributed by atoms with E-state index in [9.17, 15) is 0 Å². The number of H-pyrrole nitrogens is 1. The molecule has 4 rings (SSSR count). The lowest BCUT2D eigenvalue weighted by atomic mass is 10.0. The second-order valence-corrected chi connectivity index (χ2v) is 7.60. The van der Waals surface area contributed by atoms with E-state index in [-0.39, 0.29) is 0 Å². The Morgan fingerprint density at radius 1 is 1.26 bits per heavy atom. The van der Waals surface area contributed by atoms with E-state index in [0.29, 0.717) is 12.0 Å². The normalized spacial score (nSPS) is 18.1. The van der Waals surface area contributed by atoms with Gasteiger partial charge < -0.3 is 15.5 Å². The number of anilines is 3. The Morgan fingerprint density at radius 3 is 3.00 bits per heavy atom. The molecule has 0 saturated carbocycles. The number of hydrogen-bond donors (Lipinski definition) is 3. The van der Waals surface area contributed by atoms with E-state index in [1.807, 2.05) is 31.5 Å². The minimum atomic E-state index is 0.456. The lowest BCUT2D eigenvalue weighted by Gasteiger charge is -2.27. The third kappa shape index (κ3) is 3.88. The molecule has 1 atom stereocenters. The molecule has 1 fully saturated rings. The summed E-state index contributed by atoms with van der Waals surface area (Å²) in [5, 5.41) is 15.2. The Labute approximate surface area is 159 Å². The van der Waals surface area contributed by atoms with Gasteiger partial charge in [0, 0.05) is 42.0 Å². The van der Waals surface area contributed by atoms with Gasteiger partial charge in [0.15, 0.2) is 0 Å². The quantitative estimate of drug-likeness (QED) is 0.659. The van der Waals surface area contributed by atoms with Crippen LogP contribution in [0.4, 0.5) is 17.5 Å². The lowest BCUT2D eigenvalue weighted by Crippen LogP contribution is -2.41. The van der Waals surface area contributed by atoms with E-state index in [0.717, 1.165) is 60.0 Å². The highest BCUT2D eigenvalue weighted by atomic mass is 15.3. The minimum Gasteiger partial charge on any atom is -0.340 e. The van der Waals surface area contributed by atoms with Gasteiger partial charge in [-0.2, -0.15) is 10.1 Å². The molecule has 7 heteroatoms. The predicted octanol–water partition coefficient (Wildman–Crippen LogP) is 3.23. The van der Waals surface area contributed by atoms with Crippen LogP contribution in [0.5, 0.6) is 0 Å². The molecule has 3 heterocycles. The van der Waals surface area contributed by atoms with Gasteiger partial charge in [-0.05, 0) is 44.0 Å². The van der Waals surface area contributed by atoms with Crippen LogP contribution < -0.4 is 15.5 Å². The van der Waals surface area contributed by atoms with Crippen molar-refractivity contribution in [1.29, 1.82) is 0 Å². The maximum Gasteiger partial charge on any atom is 0.227 e. The summed E-state index contributed by atoms with van der Waals surface area (Å²) in [4.78, 5) is 11.8. The zero-order valence-corrected chi connectivity index (χ0v) is 16.2. The van der Waals surface area contributed by atoms with E-state index < -0.39 is 0 Å². The Morgan fingerprint density at radius 2 is 2.15 bits per heavy atom. The molecule has 1 aliphatic rings. The summed E-state index contributed by atoms with van der Waals surface area (Å²) in [6.45, 7) is 9.50. The van der Waals surface area contributed by atoms with Crippen LogP contribution in [-0.2, 0) is 0 Å². The summed E-state index contributed by atoms with van der Waals surface area (Å²) < 4.78 is 0. The number of hydrogen-bond acceptors (Lipinski definition) is 6. The van der Waals surface area contributed by atoms with Crippen molar-refractivity contribution in [1.82, 2.24) is 25.5 Å². The first-order valence-corrected chi connectivity index (χ1v) is 9.62. The summed E-state index contributed by atoms with van der Waals surface area (Å²) in [5.41, 5.74) is 3.05. The van der Waals surface area contributed by atoms with Crippen molar-refractivity contribution in [3.8, 4) is 0 Å². The molecular weight excluding hydrogens is 338 g/mol. The topological polar surface area (TPSA) is 81.8 Å². The first-order valence-electron chi connectivity index (χ1n) is 9.62. The van der Waals surface area contributed by atoms with Crippen LogP contribution in [0, 0.1) is 12.8 Å². The van der Waals surface area contributed by atoms with Crippen molar-refractivity contribution < 1.29 is 0 Å². The third-order valence-electron chi connectivity index (χ3n) is 5.18. The summed E-state index contributed by atoms with van der Waals surface area (Å²) in [7, 11) is 0. The first-order chi connectivity index (χ1) is 13.1. The SMILES string of the molecule is Cc1cnc(N2CCCNC(C(C)C)C2)nc1Nc1ccc2[nH]ncc2c1. The van der Waals surface area contributed by atoms with Crippen molar-refractivity contribution in [2.24, 2.45) is 5.92 Å².